The van der Waals surface area contributed by atoms with Crippen molar-refractivity contribution in [1.82, 2.24) is 10.4 Å². The maximum atomic E-state index is 12.0. The van der Waals surface area contributed by atoms with Crippen LogP contribution in [0.3, 0.4) is 0 Å². The summed E-state index contributed by atoms with van der Waals surface area (Å²) in [5.41, 5.74) is 6.04. The van der Waals surface area contributed by atoms with Crippen LogP contribution < -0.4 is 14.9 Å². The third-order valence-corrected chi connectivity index (χ3v) is 4.15. The molecule has 0 radical (unpaired) electrons. The van der Waals surface area contributed by atoms with Crippen LogP contribution in [0.25, 0.3) is 0 Å². The summed E-state index contributed by atoms with van der Waals surface area (Å²) in [5, 5.41) is 3.99. The van der Waals surface area contributed by atoms with E-state index in [9.17, 15) is 4.79 Å². The van der Waals surface area contributed by atoms with E-state index in [-0.39, 0.29) is 5.91 Å². The predicted octanol–water partition coefficient (Wildman–Crippen LogP) is 3.74. The molecule has 1 amide bonds. The molecule has 2 aromatic carbocycles. The zero-order chi connectivity index (χ0) is 19.8. The topological polar surface area (TPSA) is 72.8 Å². The predicted molar refractivity (Wildman–Crippen MR) is 108 cm³/mol. The quantitative estimate of drug-likeness (QED) is 0.504. The summed E-state index contributed by atoms with van der Waals surface area (Å²) in [5.74, 6) is 0.936. The summed E-state index contributed by atoms with van der Waals surface area (Å²) >= 11 is 0. The van der Waals surface area contributed by atoms with Gasteiger partial charge in [0.1, 0.15) is 6.61 Å². The molecule has 6 nitrogen and oxygen atoms in total. The van der Waals surface area contributed by atoms with E-state index in [1.165, 1.54) is 5.56 Å². The largest absolute Gasteiger partial charge is 0.493 e. The van der Waals surface area contributed by atoms with Crippen molar-refractivity contribution >= 4 is 12.1 Å². The zero-order valence-corrected chi connectivity index (χ0v) is 15.8. The lowest BCUT2D eigenvalue weighted by molar-refractivity contribution is 0.0955. The van der Waals surface area contributed by atoms with Gasteiger partial charge in [0.15, 0.2) is 11.5 Å². The second-order valence-electron chi connectivity index (χ2n) is 6.06. The van der Waals surface area contributed by atoms with E-state index in [2.05, 4.69) is 28.5 Å². The summed E-state index contributed by atoms with van der Waals surface area (Å²) in [6, 6.07) is 16.8. The molecule has 0 bridgehead atoms. The van der Waals surface area contributed by atoms with Crippen molar-refractivity contribution in [2.24, 2.45) is 5.10 Å². The van der Waals surface area contributed by atoms with Gasteiger partial charge in [-0.25, -0.2) is 5.43 Å². The van der Waals surface area contributed by atoms with Crippen molar-refractivity contribution in [2.45, 2.75) is 13.5 Å². The van der Waals surface area contributed by atoms with Gasteiger partial charge in [-0.3, -0.25) is 9.78 Å². The molecule has 142 valence electrons. The molecule has 0 saturated heterocycles. The Balaban J connectivity index is 1.64. The number of benzene rings is 2. The molecule has 0 unspecified atom stereocenters. The Bertz CT molecular complexity index is 972. The molecule has 1 aromatic heterocycles. The van der Waals surface area contributed by atoms with E-state index in [1.807, 2.05) is 30.3 Å². The molecular formula is C22H21N3O3. The number of aromatic nitrogens is 1. The Morgan fingerprint density at radius 1 is 1.11 bits per heavy atom. The highest BCUT2D eigenvalue weighted by Crippen LogP contribution is 2.28. The number of carbonyl (C=O) groups is 1. The molecule has 1 heterocycles. The molecule has 0 aliphatic rings. The summed E-state index contributed by atoms with van der Waals surface area (Å²) < 4.78 is 11.3. The third kappa shape index (κ3) is 4.94. The maximum Gasteiger partial charge on any atom is 0.271 e. The van der Waals surface area contributed by atoms with Crippen molar-refractivity contribution in [1.29, 1.82) is 0 Å². The van der Waals surface area contributed by atoms with Crippen molar-refractivity contribution < 1.29 is 14.3 Å². The first-order chi connectivity index (χ1) is 13.7. The van der Waals surface area contributed by atoms with Gasteiger partial charge < -0.3 is 9.47 Å². The fourth-order valence-electron chi connectivity index (χ4n) is 2.54. The third-order valence-electron chi connectivity index (χ3n) is 4.15. The lowest BCUT2D eigenvalue weighted by Crippen LogP contribution is -2.17. The molecule has 0 spiro atoms. The maximum absolute atomic E-state index is 12.0. The average Bonchev–Trinajstić information content (AvgIpc) is 2.74. The Kier molecular flexibility index (Phi) is 6.36. The first-order valence-electron chi connectivity index (χ1n) is 8.76. The molecule has 0 aliphatic carbocycles. The van der Waals surface area contributed by atoms with Crippen LogP contribution >= 0.6 is 0 Å². The van der Waals surface area contributed by atoms with E-state index in [0.717, 1.165) is 11.1 Å². The summed E-state index contributed by atoms with van der Waals surface area (Å²) in [7, 11) is 1.59. The van der Waals surface area contributed by atoms with Crippen LogP contribution in [0.2, 0.25) is 0 Å². The summed E-state index contributed by atoms with van der Waals surface area (Å²) in [4.78, 5) is 15.8. The van der Waals surface area contributed by atoms with E-state index in [4.69, 9.17) is 9.47 Å². The highest BCUT2D eigenvalue weighted by atomic mass is 16.5. The van der Waals surface area contributed by atoms with Crippen molar-refractivity contribution in [2.75, 3.05) is 7.11 Å². The van der Waals surface area contributed by atoms with E-state index in [1.54, 1.807) is 43.9 Å². The van der Waals surface area contributed by atoms with Crippen molar-refractivity contribution in [3.63, 3.8) is 0 Å². The smallest absolute Gasteiger partial charge is 0.271 e. The number of aryl methyl sites for hydroxylation is 1. The van der Waals surface area contributed by atoms with E-state index in [0.29, 0.717) is 23.7 Å². The van der Waals surface area contributed by atoms with Crippen LogP contribution in [0.4, 0.5) is 0 Å². The molecule has 0 saturated carbocycles. The summed E-state index contributed by atoms with van der Waals surface area (Å²) in [6.45, 7) is 2.51. The molecule has 3 rings (SSSR count). The number of nitrogens with one attached hydrogen (secondary N) is 1. The minimum atomic E-state index is -0.302. The highest BCUT2D eigenvalue weighted by Gasteiger charge is 2.07. The Hall–Kier alpha value is -3.67. The molecular weight excluding hydrogens is 354 g/mol. The monoisotopic (exact) mass is 375 g/mol. The van der Waals surface area contributed by atoms with Gasteiger partial charge in [-0.1, -0.05) is 24.3 Å². The molecule has 6 heteroatoms. The van der Waals surface area contributed by atoms with Gasteiger partial charge in [-0.15, -0.1) is 0 Å². The number of pyridine rings is 1. The SMILES string of the molecule is COc1cc(/C=N/NC(=O)c2ccncc2)ccc1OCc1ccccc1C. The lowest BCUT2D eigenvalue weighted by Gasteiger charge is -2.12. The molecule has 28 heavy (non-hydrogen) atoms. The number of carbonyl (C=O) groups excluding carboxylic acids is 1. The minimum Gasteiger partial charge on any atom is -0.493 e. The van der Waals surface area contributed by atoms with Crippen LogP contribution in [0.5, 0.6) is 11.5 Å². The molecule has 0 aliphatic heterocycles. The normalized spacial score (nSPS) is 10.6. The molecule has 1 N–H and O–H groups in total. The molecule has 3 aromatic rings. The van der Waals surface area contributed by atoms with Crippen molar-refractivity contribution in [3.05, 3.63) is 89.2 Å². The van der Waals surface area contributed by atoms with Gasteiger partial charge in [-0.2, -0.15) is 5.10 Å². The first kappa shape index (κ1) is 19.1. The van der Waals surface area contributed by atoms with Crippen molar-refractivity contribution in [3.8, 4) is 11.5 Å². The zero-order valence-electron chi connectivity index (χ0n) is 15.8. The lowest BCUT2D eigenvalue weighted by atomic mass is 10.1. The first-order valence-corrected chi connectivity index (χ1v) is 8.76. The van der Waals surface area contributed by atoms with Gasteiger partial charge in [0, 0.05) is 18.0 Å². The number of amides is 1. The molecule has 0 fully saturated rings. The standard InChI is InChI=1S/C22H21N3O3/c1-16-5-3-4-6-19(16)15-28-20-8-7-17(13-21(20)27-2)14-24-25-22(26)18-9-11-23-12-10-18/h3-14H,15H2,1-2H3,(H,25,26)/b24-14+. The number of rotatable bonds is 7. The van der Waals surface area contributed by atoms with Gasteiger partial charge in [0.05, 0.1) is 13.3 Å². The minimum absolute atomic E-state index is 0.302. The number of methoxy groups -OCH3 is 1. The van der Waals surface area contributed by atoms with Gasteiger partial charge in [0.2, 0.25) is 0 Å². The Morgan fingerprint density at radius 3 is 2.64 bits per heavy atom. The fraction of sp³-hybridized carbons (Fsp3) is 0.136. The highest BCUT2D eigenvalue weighted by molar-refractivity contribution is 5.94. The van der Waals surface area contributed by atoms with E-state index >= 15 is 0 Å². The Labute approximate surface area is 163 Å². The number of hydrogen-bond acceptors (Lipinski definition) is 5. The number of ether oxygens (including phenoxy) is 2. The average molecular weight is 375 g/mol. The van der Waals surface area contributed by atoms with Crippen LogP contribution in [0.15, 0.2) is 72.1 Å². The fourth-order valence-corrected chi connectivity index (χ4v) is 2.54. The molecule has 0 atom stereocenters. The van der Waals surface area contributed by atoms with Crippen LogP contribution in [0, 0.1) is 6.92 Å². The second kappa shape index (κ2) is 9.32. The van der Waals surface area contributed by atoms with Crippen LogP contribution in [-0.4, -0.2) is 24.2 Å². The van der Waals surface area contributed by atoms with Crippen LogP contribution in [0.1, 0.15) is 27.0 Å². The van der Waals surface area contributed by atoms with Gasteiger partial charge in [0.25, 0.3) is 5.91 Å². The number of hydrazone groups is 1. The van der Waals surface area contributed by atoms with Crippen LogP contribution in [-0.2, 0) is 6.61 Å². The van der Waals surface area contributed by atoms with Gasteiger partial charge >= 0.3 is 0 Å². The summed E-state index contributed by atoms with van der Waals surface area (Å²) in [6.07, 6.45) is 4.66. The number of hydrogen-bond donors (Lipinski definition) is 1. The number of nitrogens with zero attached hydrogens (tertiary/aromatic N) is 2. The Morgan fingerprint density at radius 2 is 1.89 bits per heavy atom. The second-order valence-corrected chi connectivity index (χ2v) is 6.06. The van der Waals surface area contributed by atoms with Gasteiger partial charge in [-0.05, 0) is 53.9 Å². The van der Waals surface area contributed by atoms with E-state index < -0.39 is 0 Å².